The maximum Gasteiger partial charge on any atom is 0.331 e. The number of sulfonamides is 1. The fourth-order valence-electron chi connectivity index (χ4n) is 6.57. The number of imidazole rings is 1. The van der Waals surface area contributed by atoms with Crippen molar-refractivity contribution in [2.45, 2.75) is 75.8 Å². The third kappa shape index (κ3) is 9.94. The zero-order valence-electron chi connectivity index (χ0n) is 28.4. The Morgan fingerprint density at radius 3 is 2.18 bits per heavy atom. The summed E-state index contributed by atoms with van der Waals surface area (Å²) in [7, 11) is -4.02. The third-order valence-corrected chi connectivity index (χ3v) is 11.9. The van der Waals surface area contributed by atoms with Gasteiger partial charge < -0.3 is 14.6 Å². The van der Waals surface area contributed by atoms with E-state index in [2.05, 4.69) is 51.6 Å². The molecule has 0 radical (unpaired) electrons. The summed E-state index contributed by atoms with van der Waals surface area (Å²) in [5.74, 6) is 1.77. The van der Waals surface area contributed by atoms with Crippen LogP contribution in [0, 0.1) is 0 Å². The van der Waals surface area contributed by atoms with E-state index < -0.39 is 16.1 Å². The highest BCUT2D eigenvalue weighted by molar-refractivity contribution is 7.90. The molecule has 2 saturated heterocycles. The number of H-pyrrole nitrogens is 1. The highest BCUT2D eigenvalue weighted by Crippen LogP contribution is 2.29. The number of urea groups is 1. The smallest absolute Gasteiger partial charge is 0.331 e. The number of likely N-dealkylation sites (tertiary alicyclic amines) is 2. The highest BCUT2D eigenvalue weighted by atomic mass is 35.5. The lowest BCUT2D eigenvalue weighted by Crippen LogP contribution is -2.52. The first-order valence-corrected chi connectivity index (χ1v) is 19.7. The van der Waals surface area contributed by atoms with Gasteiger partial charge in [0.25, 0.3) is 10.0 Å². The molecule has 2 fully saturated rings. The molecule has 2 amide bonds. The Balaban J connectivity index is 0.000000341. The van der Waals surface area contributed by atoms with Gasteiger partial charge in [-0.05, 0) is 79.5 Å². The summed E-state index contributed by atoms with van der Waals surface area (Å²) >= 11 is 18.0. The van der Waals surface area contributed by atoms with Crippen LogP contribution in [0.15, 0.2) is 78.0 Å². The second kappa shape index (κ2) is 17.8. The van der Waals surface area contributed by atoms with Crippen LogP contribution < -0.4 is 9.46 Å². The largest absolute Gasteiger partial charge is 0.490 e. The van der Waals surface area contributed by atoms with Crippen LogP contribution in [-0.4, -0.2) is 72.5 Å². The molecule has 1 aromatic heterocycles. The van der Waals surface area contributed by atoms with Crippen molar-refractivity contribution in [1.29, 1.82) is 0 Å². The Morgan fingerprint density at radius 1 is 0.900 bits per heavy atom. The number of carbonyl (C=O) groups excluding carboxylic acids is 1. The number of amides is 2. The average molecular weight is 765 g/mol. The molecular formula is C37H48Cl3N5O4S. The van der Waals surface area contributed by atoms with Crippen LogP contribution in [-0.2, 0) is 29.3 Å². The summed E-state index contributed by atoms with van der Waals surface area (Å²) in [6.45, 7) is 7.22. The SMILES string of the molecule is CCc1cccc(CC)c1Cc1ncc[nH]1.O=C(NS(=O)(=O)c1ccccc1Cl)N1CCC(N2CCC(Oc3ccc(Cl)c(Cl)c3)CC2)CC1.[HH].[HH]. The van der Waals surface area contributed by atoms with Gasteiger partial charge in [0, 0.05) is 60.0 Å². The molecule has 2 N–H and O–H groups in total. The standard InChI is InChI=1S/C23H26Cl3N3O4S.C14H18N2.2H2/c24-19-6-5-18(15-21(19)26)33-17-9-13-28(14-10-17)16-7-11-29(12-8-16)23(30)27-34(31,32)22-4-2-1-3-20(22)25;1-3-11-6-5-7-12(4-2)13(11)10-14-15-8-9-16-14;;/h1-6,15-17H,7-14H2,(H,27,30);5-9H,3-4,10H2,1-2H3,(H,15,16);2*1H. The van der Waals surface area contributed by atoms with Crippen LogP contribution >= 0.6 is 34.8 Å². The molecule has 50 heavy (non-hydrogen) atoms. The number of hydrogen-bond donors (Lipinski definition) is 2. The van der Waals surface area contributed by atoms with Crippen molar-refractivity contribution < 1.29 is 20.8 Å². The Bertz CT molecular complexity index is 1810. The molecule has 0 atom stereocenters. The van der Waals surface area contributed by atoms with Gasteiger partial charge in [0.15, 0.2) is 0 Å². The van der Waals surface area contributed by atoms with Gasteiger partial charge in [-0.3, -0.25) is 4.90 Å². The molecule has 13 heteroatoms. The Labute approximate surface area is 313 Å². The minimum Gasteiger partial charge on any atom is -0.490 e. The summed E-state index contributed by atoms with van der Waals surface area (Å²) in [5.41, 5.74) is 4.33. The molecule has 0 unspecified atom stereocenters. The number of piperidine rings is 2. The van der Waals surface area contributed by atoms with Crippen LogP contribution in [0.3, 0.4) is 0 Å². The third-order valence-electron chi connectivity index (χ3n) is 9.32. The molecule has 3 aromatic carbocycles. The van der Waals surface area contributed by atoms with E-state index in [1.54, 1.807) is 29.2 Å². The first-order valence-electron chi connectivity index (χ1n) is 17.1. The van der Waals surface area contributed by atoms with Gasteiger partial charge in [-0.25, -0.2) is 22.9 Å². The predicted octanol–water partition coefficient (Wildman–Crippen LogP) is 8.67. The first kappa shape index (κ1) is 38.0. The summed E-state index contributed by atoms with van der Waals surface area (Å²) in [6.07, 6.45) is 10.3. The molecule has 4 aromatic rings. The van der Waals surface area contributed by atoms with Gasteiger partial charge in [-0.15, -0.1) is 0 Å². The highest BCUT2D eigenvalue weighted by Gasteiger charge is 2.32. The number of aryl methyl sites for hydroxylation is 2. The Kier molecular flexibility index (Phi) is 13.5. The molecule has 272 valence electrons. The molecule has 0 aliphatic carbocycles. The molecule has 0 bridgehead atoms. The van der Waals surface area contributed by atoms with Crippen molar-refractivity contribution in [2.24, 2.45) is 0 Å². The minimum absolute atomic E-state index is 0. The molecular weight excluding hydrogens is 717 g/mol. The summed E-state index contributed by atoms with van der Waals surface area (Å²) in [4.78, 5) is 23.9. The number of nitrogens with one attached hydrogen (secondary N) is 2. The van der Waals surface area contributed by atoms with E-state index in [-0.39, 0.29) is 18.9 Å². The van der Waals surface area contributed by atoms with Gasteiger partial charge in [-0.2, -0.15) is 0 Å². The maximum atomic E-state index is 12.6. The van der Waals surface area contributed by atoms with E-state index in [4.69, 9.17) is 39.5 Å². The van der Waals surface area contributed by atoms with Gasteiger partial charge in [0.05, 0.1) is 15.1 Å². The number of halogens is 3. The molecule has 9 nitrogen and oxygen atoms in total. The van der Waals surface area contributed by atoms with E-state index in [9.17, 15) is 13.2 Å². The van der Waals surface area contributed by atoms with Crippen molar-refractivity contribution >= 4 is 50.9 Å². The molecule has 2 aliphatic heterocycles. The van der Waals surface area contributed by atoms with Crippen molar-refractivity contribution in [2.75, 3.05) is 26.2 Å². The van der Waals surface area contributed by atoms with Gasteiger partial charge in [-0.1, -0.05) is 79.0 Å². The van der Waals surface area contributed by atoms with Crippen LogP contribution in [0.1, 0.15) is 64.9 Å². The van der Waals surface area contributed by atoms with Crippen molar-refractivity contribution in [3.63, 3.8) is 0 Å². The van der Waals surface area contributed by atoms with Gasteiger partial charge in [0.2, 0.25) is 0 Å². The van der Waals surface area contributed by atoms with Crippen LogP contribution in [0.25, 0.3) is 0 Å². The van der Waals surface area contributed by atoms with Crippen LogP contribution in [0.2, 0.25) is 15.1 Å². The van der Waals surface area contributed by atoms with Crippen molar-refractivity contribution in [3.8, 4) is 5.75 Å². The summed E-state index contributed by atoms with van der Waals surface area (Å²) in [6, 6.07) is 17.7. The van der Waals surface area contributed by atoms with Crippen molar-refractivity contribution in [1.82, 2.24) is 24.5 Å². The number of nitrogens with zero attached hydrogens (tertiary/aromatic N) is 3. The van der Waals surface area contributed by atoms with Crippen molar-refractivity contribution in [3.05, 3.63) is 111 Å². The molecule has 0 saturated carbocycles. The number of aromatic amines is 1. The number of rotatable bonds is 9. The fraction of sp³-hybridized carbons (Fsp3) is 0.405. The van der Waals surface area contributed by atoms with E-state index >= 15 is 0 Å². The summed E-state index contributed by atoms with van der Waals surface area (Å²) in [5, 5.41) is 1.06. The van der Waals surface area contributed by atoms with E-state index in [0.717, 1.165) is 69.6 Å². The topological polar surface area (TPSA) is 108 Å². The number of aromatic nitrogens is 2. The molecule has 2 aliphatic rings. The quantitative estimate of drug-likeness (QED) is 0.177. The number of hydrogen-bond acceptors (Lipinski definition) is 6. The van der Waals surface area contributed by atoms with Crippen LogP contribution in [0.5, 0.6) is 5.75 Å². The average Bonchev–Trinajstić information content (AvgIpc) is 3.64. The fourth-order valence-corrected chi connectivity index (χ4v) is 8.35. The predicted molar refractivity (Wildman–Crippen MR) is 204 cm³/mol. The van der Waals surface area contributed by atoms with E-state index in [1.807, 2.05) is 18.5 Å². The van der Waals surface area contributed by atoms with Crippen LogP contribution in [0.4, 0.5) is 4.79 Å². The first-order chi connectivity index (χ1) is 24.1. The lowest BCUT2D eigenvalue weighted by atomic mass is 9.95. The maximum absolute atomic E-state index is 12.6. The Morgan fingerprint density at radius 2 is 1.58 bits per heavy atom. The zero-order chi connectivity index (χ0) is 35.7. The molecule has 6 rings (SSSR count). The summed E-state index contributed by atoms with van der Waals surface area (Å²) < 4.78 is 33.3. The van der Waals surface area contributed by atoms with Gasteiger partial charge in [0.1, 0.15) is 22.6 Å². The second-order valence-corrected chi connectivity index (χ2v) is 15.3. The normalized spacial score (nSPS) is 16.1. The Hall–Kier alpha value is -3.28. The molecule has 3 heterocycles. The second-order valence-electron chi connectivity index (χ2n) is 12.5. The number of benzene rings is 3. The lowest BCUT2D eigenvalue weighted by molar-refractivity contribution is 0.0540. The van der Waals surface area contributed by atoms with E-state index in [1.165, 1.54) is 28.8 Å². The minimum atomic E-state index is -4.02. The molecule has 0 spiro atoms. The van der Waals surface area contributed by atoms with E-state index in [0.29, 0.717) is 29.2 Å². The number of carbonyl (C=O) groups is 1. The number of ether oxygens (including phenoxy) is 1. The zero-order valence-corrected chi connectivity index (χ0v) is 31.5. The van der Waals surface area contributed by atoms with Gasteiger partial charge >= 0.3 is 6.03 Å². The lowest BCUT2D eigenvalue weighted by Gasteiger charge is -2.41. The monoisotopic (exact) mass is 763 g/mol.